The second kappa shape index (κ2) is 5.40. The van der Waals surface area contributed by atoms with Crippen molar-refractivity contribution in [3.05, 3.63) is 41.2 Å². The number of para-hydroxylation sites is 1. The zero-order valence-electron chi connectivity index (χ0n) is 10.8. The molecule has 0 saturated carbocycles. The molecule has 0 aliphatic heterocycles. The van der Waals surface area contributed by atoms with Gasteiger partial charge in [0.25, 0.3) is 0 Å². The molecule has 0 unspecified atom stereocenters. The van der Waals surface area contributed by atoms with Crippen molar-refractivity contribution >= 4 is 23.0 Å². The summed E-state index contributed by atoms with van der Waals surface area (Å²) in [6, 6.07) is 9.37. The Hall–Kier alpha value is -2.54. The molecule has 2 aromatic rings. The zero-order chi connectivity index (χ0) is 13.8. The van der Waals surface area contributed by atoms with Crippen molar-refractivity contribution in [2.45, 2.75) is 13.3 Å². The van der Waals surface area contributed by atoms with Crippen molar-refractivity contribution in [3.63, 3.8) is 0 Å². The number of hydrogen-bond donors (Lipinski definition) is 0. The predicted octanol–water partition coefficient (Wildman–Crippen LogP) is 3.08. The van der Waals surface area contributed by atoms with Crippen LogP contribution in [0, 0.1) is 11.3 Å². The van der Waals surface area contributed by atoms with E-state index in [9.17, 15) is 4.79 Å². The van der Waals surface area contributed by atoms with Gasteiger partial charge in [-0.25, -0.2) is 4.79 Å². The SMILES string of the molecule is CCc1oc2ccccc2c1/C=C(\C#N)C(=O)OC. The molecule has 0 fully saturated rings. The Bertz CT molecular complexity index is 689. The number of carbonyl (C=O) groups excluding carboxylic acids is 1. The third-order valence-electron chi connectivity index (χ3n) is 2.85. The highest BCUT2D eigenvalue weighted by Crippen LogP contribution is 2.28. The third kappa shape index (κ3) is 2.36. The summed E-state index contributed by atoms with van der Waals surface area (Å²) in [6.45, 7) is 1.96. The lowest BCUT2D eigenvalue weighted by atomic mass is 10.1. The van der Waals surface area contributed by atoms with Gasteiger partial charge in [-0.05, 0) is 12.1 Å². The number of ether oxygens (including phenoxy) is 1. The smallest absolute Gasteiger partial charge is 0.348 e. The molecule has 19 heavy (non-hydrogen) atoms. The van der Waals surface area contributed by atoms with Gasteiger partial charge in [0.15, 0.2) is 0 Å². The Morgan fingerprint density at radius 1 is 1.47 bits per heavy atom. The minimum absolute atomic E-state index is 0.0382. The van der Waals surface area contributed by atoms with E-state index >= 15 is 0 Å². The molecule has 4 nitrogen and oxygen atoms in total. The summed E-state index contributed by atoms with van der Waals surface area (Å²) in [4.78, 5) is 11.5. The molecule has 0 atom stereocenters. The standard InChI is InChI=1S/C15H13NO3/c1-3-13-12(8-10(9-16)15(17)18-2)11-6-4-5-7-14(11)19-13/h4-8H,3H2,1-2H3/b10-8+. The van der Waals surface area contributed by atoms with Gasteiger partial charge in [-0.15, -0.1) is 0 Å². The highest BCUT2D eigenvalue weighted by atomic mass is 16.5. The van der Waals surface area contributed by atoms with Gasteiger partial charge in [-0.2, -0.15) is 5.26 Å². The van der Waals surface area contributed by atoms with Crippen molar-refractivity contribution in [2.75, 3.05) is 7.11 Å². The fraction of sp³-hybridized carbons (Fsp3) is 0.200. The second-order valence-electron chi connectivity index (χ2n) is 3.95. The Balaban J connectivity index is 2.64. The molecular formula is C15H13NO3. The van der Waals surface area contributed by atoms with Crippen molar-refractivity contribution in [2.24, 2.45) is 0 Å². The lowest BCUT2D eigenvalue weighted by Gasteiger charge is -1.97. The van der Waals surface area contributed by atoms with E-state index in [0.29, 0.717) is 6.42 Å². The number of methoxy groups -OCH3 is 1. The van der Waals surface area contributed by atoms with E-state index in [1.807, 2.05) is 37.3 Å². The van der Waals surface area contributed by atoms with Crippen LogP contribution in [0.15, 0.2) is 34.3 Å². The fourth-order valence-corrected chi connectivity index (χ4v) is 1.93. The van der Waals surface area contributed by atoms with E-state index in [1.165, 1.54) is 13.2 Å². The fourth-order valence-electron chi connectivity index (χ4n) is 1.93. The number of aryl methyl sites for hydroxylation is 1. The maximum absolute atomic E-state index is 11.5. The quantitative estimate of drug-likeness (QED) is 0.480. The molecule has 4 heteroatoms. The first-order valence-electron chi connectivity index (χ1n) is 5.91. The number of nitrogens with zero attached hydrogens (tertiary/aromatic N) is 1. The Morgan fingerprint density at radius 3 is 2.84 bits per heavy atom. The summed E-state index contributed by atoms with van der Waals surface area (Å²) in [5, 5.41) is 9.90. The van der Waals surface area contributed by atoms with Crippen LogP contribution in [-0.2, 0) is 16.0 Å². The lowest BCUT2D eigenvalue weighted by Crippen LogP contribution is -2.02. The van der Waals surface area contributed by atoms with E-state index in [1.54, 1.807) is 0 Å². The Kier molecular flexibility index (Phi) is 3.67. The predicted molar refractivity (Wildman–Crippen MR) is 71.2 cm³/mol. The number of benzene rings is 1. The van der Waals surface area contributed by atoms with Gasteiger partial charge >= 0.3 is 5.97 Å². The molecular weight excluding hydrogens is 242 g/mol. The van der Waals surface area contributed by atoms with E-state index in [2.05, 4.69) is 4.74 Å². The van der Waals surface area contributed by atoms with Crippen molar-refractivity contribution in [1.82, 2.24) is 0 Å². The van der Waals surface area contributed by atoms with E-state index in [-0.39, 0.29) is 5.57 Å². The second-order valence-corrected chi connectivity index (χ2v) is 3.95. The summed E-state index contributed by atoms with van der Waals surface area (Å²) >= 11 is 0. The van der Waals surface area contributed by atoms with Gasteiger partial charge in [0.2, 0.25) is 0 Å². The third-order valence-corrected chi connectivity index (χ3v) is 2.85. The van der Waals surface area contributed by atoms with Gasteiger partial charge in [-0.3, -0.25) is 0 Å². The number of hydrogen-bond acceptors (Lipinski definition) is 4. The van der Waals surface area contributed by atoms with Crippen LogP contribution in [-0.4, -0.2) is 13.1 Å². The van der Waals surface area contributed by atoms with E-state index in [4.69, 9.17) is 9.68 Å². The monoisotopic (exact) mass is 255 g/mol. The van der Waals surface area contributed by atoms with Crippen molar-refractivity contribution in [1.29, 1.82) is 5.26 Å². The minimum atomic E-state index is -0.644. The first-order chi connectivity index (χ1) is 9.21. The molecule has 0 bridgehead atoms. The molecule has 0 saturated heterocycles. The highest BCUT2D eigenvalue weighted by molar-refractivity contribution is 6.01. The molecule has 1 heterocycles. The normalized spacial score (nSPS) is 11.3. The summed E-state index contributed by atoms with van der Waals surface area (Å²) in [5.74, 6) is 0.104. The largest absolute Gasteiger partial charge is 0.465 e. The van der Waals surface area contributed by atoms with Crippen LogP contribution < -0.4 is 0 Å². The molecule has 1 aromatic carbocycles. The topological polar surface area (TPSA) is 63.2 Å². The van der Waals surface area contributed by atoms with Crippen LogP contribution in [0.25, 0.3) is 17.0 Å². The number of furan rings is 1. The summed E-state index contributed by atoms with van der Waals surface area (Å²) in [7, 11) is 1.25. The van der Waals surface area contributed by atoms with Crippen LogP contribution in [0.4, 0.5) is 0 Å². The summed E-state index contributed by atoms with van der Waals surface area (Å²) in [6.07, 6.45) is 2.21. The molecule has 0 radical (unpaired) electrons. The molecule has 0 aliphatic rings. The van der Waals surface area contributed by atoms with Crippen LogP contribution in [0.2, 0.25) is 0 Å². The van der Waals surface area contributed by atoms with Gasteiger partial charge in [0.1, 0.15) is 23.0 Å². The number of esters is 1. The maximum Gasteiger partial charge on any atom is 0.348 e. The van der Waals surface area contributed by atoms with Crippen molar-refractivity contribution in [3.8, 4) is 6.07 Å². The molecule has 0 spiro atoms. The Labute approximate surface area is 110 Å². The number of fused-ring (bicyclic) bond motifs is 1. The highest BCUT2D eigenvalue weighted by Gasteiger charge is 2.15. The number of rotatable bonds is 3. The summed E-state index contributed by atoms with van der Waals surface area (Å²) < 4.78 is 10.3. The Morgan fingerprint density at radius 2 is 2.21 bits per heavy atom. The van der Waals surface area contributed by atoms with E-state index < -0.39 is 5.97 Å². The van der Waals surface area contributed by atoms with Crippen LogP contribution >= 0.6 is 0 Å². The molecule has 1 aromatic heterocycles. The first kappa shape index (κ1) is 12.9. The number of carbonyl (C=O) groups is 1. The molecule has 2 rings (SSSR count). The van der Waals surface area contributed by atoms with Crippen molar-refractivity contribution < 1.29 is 13.9 Å². The molecule has 96 valence electrons. The van der Waals surface area contributed by atoms with Gasteiger partial charge < -0.3 is 9.15 Å². The average molecular weight is 255 g/mol. The molecule has 0 aliphatic carbocycles. The average Bonchev–Trinajstić information content (AvgIpc) is 2.81. The van der Waals surface area contributed by atoms with Gasteiger partial charge in [0.05, 0.1) is 7.11 Å². The number of nitriles is 1. The van der Waals surface area contributed by atoms with Crippen LogP contribution in [0.5, 0.6) is 0 Å². The van der Waals surface area contributed by atoms with E-state index in [0.717, 1.165) is 22.3 Å². The summed E-state index contributed by atoms with van der Waals surface area (Å²) in [5.41, 5.74) is 1.47. The van der Waals surface area contributed by atoms with Crippen LogP contribution in [0.1, 0.15) is 18.2 Å². The first-order valence-corrected chi connectivity index (χ1v) is 5.91. The maximum atomic E-state index is 11.5. The van der Waals surface area contributed by atoms with Crippen LogP contribution in [0.3, 0.4) is 0 Å². The molecule has 0 amide bonds. The van der Waals surface area contributed by atoms with Gasteiger partial charge in [0, 0.05) is 17.4 Å². The molecule has 0 N–H and O–H groups in total. The van der Waals surface area contributed by atoms with Gasteiger partial charge in [-0.1, -0.05) is 25.1 Å². The lowest BCUT2D eigenvalue weighted by molar-refractivity contribution is -0.135. The zero-order valence-corrected chi connectivity index (χ0v) is 10.8. The minimum Gasteiger partial charge on any atom is -0.465 e.